The molecule has 0 saturated carbocycles. The first-order valence-corrected chi connectivity index (χ1v) is 10.8. The van der Waals surface area contributed by atoms with Crippen LogP contribution in [0.1, 0.15) is 24.4 Å². The fourth-order valence-corrected chi connectivity index (χ4v) is 4.68. The highest BCUT2D eigenvalue weighted by molar-refractivity contribution is 7.71. The molecule has 1 aromatic heterocycles. The summed E-state index contributed by atoms with van der Waals surface area (Å²) in [6.07, 6.45) is -6.26. The van der Waals surface area contributed by atoms with Crippen molar-refractivity contribution in [1.29, 1.82) is 5.26 Å². The lowest BCUT2D eigenvalue weighted by Gasteiger charge is -2.41. The van der Waals surface area contributed by atoms with E-state index in [4.69, 9.17) is 17.0 Å². The summed E-state index contributed by atoms with van der Waals surface area (Å²) < 4.78 is 7.39. The smallest absolute Gasteiger partial charge is 0.164 e. The number of fused-ring (bicyclic) bond motifs is 1. The van der Waals surface area contributed by atoms with Gasteiger partial charge in [0, 0.05) is 11.3 Å². The van der Waals surface area contributed by atoms with Crippen molar-refractivity contribution >= 4 is 23.0 Å². The zero-order valence-electron chi connectivity index (χ0n) is 17.4. The third-order valence-electron chi connectivity index (χ3n) is 6.00. The Morgan fingerprint density at radius 1 is 1.03 bits per heavy atom. The average Bonchev–Trinajstić information content (AvgIpc) is 2.82. The predicted molar refractivity (Wildman–Crippen MR) is 121 cm³/mol. The molecule has 0 bridgehead atoms. The van der Waals surface area contributed by atoms with Gasteiger partial charge < -0.3 is 29.7 Å². The molecule has 4 N–H and O–H groups in total. The molecule has 1 saturated heterocycles. The number of hydrogen-bond acceptors (Lipinski definition) is 7. The highest BCUT2D eigenvalue weighted by atomic mass is 32.1. The predicted octanol–water partition coefficient (Wildman–Crippen LogP) is 2.44. The van der Waals surface area contributed by atoms with Crippen molar-refractivity contribution < 1.29 is 25.2 Å². The van der Waals surface area contributed by atoms with E-state index >= 15 is 0 Å². The van der Waals surface area contributed by atoms with Gasteiger partial charge in [0.2, 0.25) is 0 Å². The van der Waals surface area contributed by atoms with E-state index in [1.165, 1.54) is 4.57 Å². The summed E-state index contributed by atoms with van der Waals surface area (Å²) >= 11 is 5.67. The molecule has 32 heavy (non-hydrogen) atoms. The van der Waals surface area contributed by atoms with E-state index in [0.29, 0.717) is 17.7 Å². The number of benzene rings is 2. The van der Waals surface area contributed by atoms with E-state index in [9.17, 15) is 25.7 Å². The van der Waals surface area contributed by atoms with Crippen molar-refractivity contribution in [2.75, 3.05) is 6.61 Å². The second-order valence-electron chi connectivity index (χ2n) is 7.81. The van der Waals surface area contributed by atoms with Crippen molar-refractivity contribution in [1.82, 2.24) is 4.57 Å². The first-order chi connectivity index (χ1) is 15.4. The van der Waals surface area contributed by atoms with Gasteiger partial charge >= 0.3 is 0 Å². The quantitative estimate of drug-likeness (QED) is 0.449. The standard InChI is InChI=1S/C24H24N2O5S/c1-2-14-10-17(16-9-5-7-13-6-3-4-8-15(13)16)18(11-25)24(32)26(14)23-22(30)21(29)20(28)19(12-27)31-23/h3-10,19-23,27-30H,2,12H2,1H3. The third kappa shape index (κ3) is 3.63. The van der Waals surface area contributed by atoms with Crippen LogP contribution >= 0.6 is 12.2 Å². The van der Waals surface area contributed by atoms with Crippen molar-refractivity contribution in [3.63, 3.8) is 0 Å². The Bertz CT molecular complexity index is 1240. The molecular weight excluding hydrogens is 428 g/mol. The number of rotatable bonds is 4. The van der Waals surface area contributed by atoms with Gasteiger partial charge in [-0.25, -0.2) is 0 Å². The molecule has 7 nitrogen and oxygen atoms in total. The molecule has 4 rings (SSSR count). The highest BCUT2D eigenvalue weighted by Crippen LogP contribution is 2.36. The molecular formula is C24H24N2O5S. The van der Waals surface area contributed by atoms with Gasteiger partial charge in [0.25, 0.3) is 0 Å². The number of hydrogen-bond donors (Lipinski definition) is 4. The molecule has 0 amide bonds. The number of aliphatic hydroxyl groups is 4. The Labute approximate surface area is 190 Å². The largest absolute Gasteiger partial charge is 0.394 e. The molecule has 1 aliphatic heterocycles. The Hall–Kier alpha value is -2.64. The van der Waals surface area contributed by atoms with Crippen molar-refractivity contribution in [3.05, 3.63) is 64.4 Å². The normalized spacial score (nSPS) is 25.6. The zero-order chi connectivity index (χ0) is 23.0. The Balaban J connectivity index is 1.94. The molecule has 1 aliphatic rings. The summed E-state index contributed by atoms with van der Waals surface area (Å²) in [6.45, 7) is 1.36. The van der Waals surface area contributed by atoms with Crippen molar-refractivity contribution in [3.8, 4) is 17.2 Å². The summed E-state index contributed by atoms with van der Waals surface area (Å²) in [5.41, 5.74) is 2.46. The number of aromatic nitrogens is 1. The molecule has 3 aromatic rings. The fraction of sp³-hybridized carbons (Fsp3) is 0.333. The van der Waals surface area contributed by atoms with Crippen LogP contribution in [0, 0.1) is 16.0 Å². The molecule has 8 heteroatoms. The van der Waals surface area contributed by atoms with Gasteiger partial charge in [-0.2, -0.15) is 5.26 Å². The molecule has 2 aromatic carbocycles. The minimum atomic E-state index is -1.54. The summed E-state index contributed by atoms with van der Waals surface area (Å²) in [5, 5.41) is 52.6. The van der Waals surface area contributed by atoms with Gasteiger partial charge in [-0.1, -0.05) is 61.6 Å². The van der Waals surface area contributed by atoms with E-state index < -0.39 is 37.3 Å². The molecule has 0 spiro atoms. The van der Waals surface area contributed by atoms with Crippen LogP contribution in [0.4, 0.5) is 0 Å². The van der Waals surface area contributed by atoms with Crippen molar-refractivity contribution in [2.45, 2.75) is 44.0 Å². The van der Waals surface area contributed by atoms with Crippen LogP contribution in [0.3, 0.4) is 0 Å². The Morgan fingerprint density at radius 3 is 2.44 bits per heavy atom. The SMILES string of the molecule is CCc1cc(-c2cccc3ccccc23)c(C#N)c(=S)n1C1OC(CO)C(O)C(O)C1O. The van der Waals surface area contributed by atoms with Crippen LogP contribution in [0.25, 0.3) is 21.9 Å². The van der Waals surface area contributed by atoms with Gasteiger partial charge in [-0.15, -0.1) is 0 Å². The minimum Gasteiger partial charge on any atom is -0.394 e. The lowest BCUT2D eigenvalue weighted by molar-refractivity contribution is -0.252. The molecule has 166 valence electrons. The lowest BCUT2D eigenvalue weighted by atomic mass is 9.94. The van der Waals surface area contributed by atoms with E-state index in [2.05, 4.69) is 6.07 Å². The molecule has 0 aliphatic carbocycles. The highest BCUT2D eigenvalue weighted by Gasteiger charge is 2.44. The van der Waals surface area contributed by atoms with E-state index in [0.717, 1.165) is 16.3 Å². The summed E-state index contributed by atoms with van der Waals surface area (Å²) in [7, 11) is 0. The van der Waals surface area contributed by atoms with Crippen LogP contribution in [-0.4, -0.2) is 56.0 Å². The van der Waals surface area contributed by atoms with E-state index in [1.807, 2.05) is 55.5 Å². The maximum Gasteiger partial charge on any atom is 0.164 e. The van der Waals surface area contributed by atoms with Crippen LogP contribution in [0.5, 0.6) is 0 Å². The number of nitrogens with zero attached hydrogens (tertiary/aromatic N) is 2. The van der Waals surface area contributed by atoms with Gasteiger partial charge in [-0.05, 0) is 28.8 Å². The molecule has 2 heterocycles. The number of aliphatic hydroxyl groups excluding tert-OH is 4. The first-order valence-electron chi connectivity index (χ1n) is 10.4. The van der Waals surface area contributed by atoms with Crippen molar-refractivity contribution in [2.24, 2.45) is 0 Å². The second kappa shape index (κ2) is 9.08. The summed E-state index contributed by atoms with van der Waals surface area (Å²) in [4.78, 5) is 0. The maximum absolute atomic E-state index is 10.6. The Kier molecular flexibility index (Phi) is 6.40. The number of ether oxygens (including phenoxy) is 1. The van der Waals surface area contributed by atoms with E-state index in [1.54, 1.807) is 0 Å². The Morgan fingerprint density at radius 2 is 1.75 bits per heavy atom. The molecule has 5 unspecified atom stereocenters. The van der Waals surface area contributed by atoms with Crippen LogP contribution in [0.2, 0.25) is 0 Å². The first kappa shape index (κ1) is 22.6. The van der Waals surface area contributed by atoms with Gasteiger partial charge in [0.1, 0.15) is 35.1 Å². The number of pyridine rings is 1. The van der Waals surface area contributed by atoms with Gasteiger partial charge in [-0.3, -0.25) is 0 Å². The maximum atomic E-state index is 10.6. The van der Waals surface area contributed by atoms with E-state index in [-0.39, 0.29) is 10.2 Å². The topological polar surface area (TPSA) is 119 Å². The van der Waals surface area contributed by atoms with Gasteiger partial charge in [0.15, 0.2) is 6.23 Å². The summed E-state index contributed by atoms with van der Waals surface area (Å²) in [5.74, 6) is 0. The monoisotopic (exact) mass is 452 g/mol. The molecule has 1 fully saturated rings. The minimum absolute atomic E-state index is 0.152. The van der Waals surface area contributed by atoms with Crippen LogP contribution in [0.15, 0.2) is 48.5 Å². The number of nitriles is 1. The third-order valence-corrected chi connectivity index (χ3v) is 6.40. The number of aryl methyl sites for hydroxylation is 1. The van der Waals surface area contributed by atoms with Crippen LogP contribution in [-0.2, 0) is 11.2 Å². The zero-order valence-corrected chi connectivity index (χ0v) is 18.2. The lowest BCUT2D eigenvalue weighted by Crippen LogP contribution is -2.56. The average molecular weight is 453 g/mol. The fourth-order valence-electron chi connectivity index (χ4n) is 4.30. The second-order valence-corrected chi connectivity index (χ2v) is 8.20. The van der Waals surface area contributed by atoms with Crippen LogP contribution < -0.4 is 0 Å². The summed E-state index contributed by atoms with van der Waals surface area (Å²) in [6, 6.07) is 17.8. The molecule has 0 radical (unpaired) electrons. The van der Waals surface area contributed by atoms with Gasteiger partial charge in [0.05, 0.1) is 12.2 Å². The molecule has 5 atom stereocenters.